The van der Waals surface area contributed by atoms with E-state index in [4.69, 9.17) is 13.8 Å². The van der Waals surface area contributed by atoms with E-state index in [0.29, 0.717) is 0 Å². The summed E-state index contributed by atoms with van der Waals surface area (Å²) in [5.41, 5.74) is 0.458. The maximum absolute atomic E-state index is 11.0. The summed E-state index contributed by atoms with van der Waals surface area (Å²) in [5.74, 6) is -0.730. The molecule has 1 aliphatic heterocycles. The molecule has 1 aliphatic rings. The molecule has 0 bridgehead atoms. The molecule has 0 fully saturated rings. The second-order valence-electron chi connectivity index (χ2n) is 2.44. The lowest BCUT2D eigenvalue weighted by Crippen LogP contribution is -1.91. The van der Waals surface area contributed by atoms with Gasteiger partial charge < -0.3 is 10.1 Å². The second kappa shape index (κ2) is 1.97. The van der Waals surface area contributed by atoms with E-state index >= 15 is 0 Å². The number of hydrogen-bond acceptors (Lipinski definition) is 2. The Bertz CT molecular complexity index is 401. The summed E-state index contributed by atoms with van der Waals surface area (Å²) >= 11 is 0. The molecule has 0 aromatic carbocycles. The van der Waals surface area contributed by atoms with Crippen molar-refractivity contribution in [3.05, 3.63) is 30.7 Å². The maximum Gasteiger partial charge on any atom is 0.279 e. The molecular weight excluding hydrogens is 156 g/mol. The molecule has 58 valence electrons. The van der Waals surface area contributed by atoms with Crippen molar-refractivity contribution in [2.24, 2.45) is 4.99 Å². The van der Waals surface area contributed by atoms with Crippen LogP contribution in [-0.2, 0) is 0 Å². The molecular formula is C8H4N2O2. The van der Waals surface area contributed by atoms with E-state index in [2.05, 4.69) is 9.98 Å². The van der Waals surface area contributed by atoms with Crippen LogP contribution in [0.1, 0.15) is 21.6 Å². The summed E-state index contributed by atoms with van der Waals surface area (Å²) < 4.78 is 0. The Hall–Kier alpha value is -1.58. The molecule has 0 saturated carbocycles. The number of aromatic hydroxyl groups is 1. The van der Waals surface area contributed by atoms with Crippen molar-refractivity contribution in [2.75, 3.05) is 0 Å². The van der Waals surface area contributed by atoms with Crippen molar-refractivity contribution >= 4 is 11.6 Å². The van der Waals surface area contributed by atoms with Crippen LogP contribution in [0.5, 0.6) is 5.88 Å². The smallest absolute Gasteiger partial charge is 0.279 e. The first-order valence-corrected chi connectivity index (χ1v) is 3.20. The number of nitrogens with zero attached hydrogens (tertiary/aromatic N) is 1. The fraction of sp³-hybridized carbons (Fsp3) is 0. The number of aliphatic imine (C=N–C) groups is 1. The zero-order chi connectivity index (χ0) is 8.88. The van der Waals surface area contributed by atoms with Gasteiger partial charge in [-0.05, 0) is 0 Å². The first kappa shape index (κ1) is 7.09. The first-order chi connectivity index (χ1) is 5.61. The van der Waals surface area contributed by atoms with Crippen molar-refractivity contribution < 1.29 is 9.90 Å². The zero-order valence-electron chi connectivity index (χ0n) is 5.96. The molecule has 1 aromatic heterocycles. The number of amides is 1. The number of H-pyrrole nitrogens is 1. The Morgan fingerprint density at radius 3 is 2.58 bits per heavy atom. The van der Waals surface area contributed by atoms with Gasteiger partial charge in [0, 0.05) is 19.5 Å². The average Bonchev–Trinajstić information content (AvgIpc) is 2.38. The number of hydrogen-bond donors (Lipinski definition) is 2. The summed E-state index contributed by atoms with van der Waals surface area (Å²) in [7, 11) is 0. The number of nitrogens with one attached hydrogen (secondary N) is 1. The van der Waals surface area contributed by atoms with Gasteiger partial charge in [-0.3, -0.25) is 4.79 Å². The zero-order valence-corrected chi connectivity index (χ0v) is 5.96. The van der Waals surface area contributed by atoms with E-state index in [1.165, 1.54) is 0 Å². The molecule has 1 aromatic rings. The molecule has 0 atom stereocenters. The first-order valence-electron chi connectivity index (χ1n) is 3.20. The Balaban J connectivity index is 2.79. The van der Waals surface area contributed by atoms with Gasteiger partial charge in [0.2, 0.25) is 0 Å². The van der Waals surface area contributed by atoms with Crippen LogP contribution >= 0.6 is 0 Å². The molecule has 2 rings (SSSR count). The van der Waals surface area contributed by atoms with Gasteiger partial charge >= 0.3 is 0 Å². The minimum atomic E-state index is -0.517. The summed E-state index contributed by atoms with van der Waals surface area (Å²) in [6.45, 7) is 10.7. The summed E-state index contributed by atoms with van der Waals surface area (Å²) in [5, 5.41) is 9.19. The fourth-order valence-corrected chi connectivity index (χ4v) is 1.20. The van der Waals surface area contributed by atoms with E-state index < -0.39 is 5.91 Å². The predicted molar refractivity (Wildman–Crippen MR) is 41.0 cm³/mol. The molecule has 0 aliphatic carbocycles. The predicted octanol–water partition coefficient (Wildman–Crippen LogP) is 0.433. The number of aromatic nitrogens is 1. The molecule has 0 unspecified atom stereocenters. The van der Waals surface area contributed by atoms with Gasteiger partial charge in [-0.1, -0.05) is 0 Å². The van der Waals surface area contributed by atoms with Gasteiger partial charge in [-0.2, -0.15) is 0 Å². The highest BCUT2D eigenvalue weighted by Gasteiger charge is 2.28. The third kappa shape index (κ3) is 0.664. The molecule has 4 nitrogen and oxygen atoms in total. The quantitative estimate of drug-likeness (QED) is 0.578. The number of carbonyl (C=O) groups excluding carboxylic acids is 1. The van der Waals surface area contributed by atoms with Crippen LogP contribution in [0.15, 0.2) is 4.99 Å². The van der Waals surface area contributed by atoms with Crippen molar-refractivity contribution in [2.45, 2.75) is 0 Å². The minimum Gasteiger partial charge on any atom is -0.494 e. The van der Waals surface area contributed by atoms with E-state index in [1.807, 2.05) is 0 Å². The lowest BCUT2D eigenvalue weighted by molar-refractivity contribution is 0.101. The maximum atomic E-state index is 11.0. The molecule has 2 heterocycles. The number of rotatable bonds is 0. The van der Waals surface area contributed by atoms with Gasteiger partial charge in [0.05, 0.1) is 16.8 Å². The van der Waals surface area contributed by atoms with Crippen LogP contribution in [0, 0.1) is 13.8 Å². The highest BCUT2D eigenvalue weighted by Crippen LogP contribution is 2.29. The molecule has 4 heteroatoms. The van der Waals surface area contributed by atoms with Crippen molar-refractivity contribution in [1.29, 1.82) is 0 Å². The summed E-state index contributed by atoms with van der Waals surface area (Å²) in [4.78, 5) is 16.9. The Morgan fingerprint density at radius 1 is 1.33 bits per heavy atom. The summed E-state index contributed by atoms with van der Waals surface area (Å²) in [6, 6.07) is 0. The number of carbonyl (C=O) groups is 1. The van der Waals surface area contributed by atoms with Crippen molar-refractivity contribution in [3.8, 4) is 5.88 Å². The largest absolute Gasteiger partial charge is 0.494 e. The fourth-order valence-electron chi connectivity index (χ4n) is 1.20. The molecule has 0 saturated heterocycles. The molecule has 4 radical (unpaired) electrons. The van der Waals surface area contributed by atoms with Gasteiger partial charge in [-0.25, -0.2) is 4.99 Å². The number of aromatic amines is 1. The van der Waals surface area contributed by atoms with Crippen molar-refractivity contribution in [3.63, 3.8) is 0 Å². The van der Waals surface area contributed by atoms with Crippen LogP contribution in [0.2, 0.25) is 0 Å². The van der Waals surface area contributed by atoms with Crippen LogP contribution < -0.4 is 0 Å². The minimum absolute atomic E-state index is 0.000417. The molecule has 0 spiro atoms. The van der Waals surface area contributed by atoms with Crippen LogP contribution in [0.25, 0.3) is 0 Å². The third-order valence-corrected chi connectivity index (χ3v) is 1.70. The third-order valence-electron chi connectivity index (χ3n) is 1.70. The van der Waals surface area contributed by atoms with Gasteiger partial charge in [-0.15, -0.1) is 0 Å². The van der Waals surface area contributed by atoms with E-state index in [-0.39, 0.29) is 28.4 Å². The average molecular weight is 160 g/mol. The van der Waals surface area contributed by atoms with E-state index in [1.54, 1.807) is 0 Å². The monoisotopic (exact) mass is 160 g/mol. The lowest BCUT2D eigenvalue weighted by atomic mass is 10.1. The summed E-state index contributed by atoms with van der Waals surface area (Å²) in [6.07, 6.45) is 0. The Labute approximate surface area is 68.9 Å². The van der Waals surface area contributed by atoms with Gasteiger partial charge in [0.15, 0.2) is 5.88 Å². The standard InChI is InChI=1S/C8H4N2O2/c1-3-5-6(8(12)9-3)4(2)10-7(5)11/h1-2,9,12H. The normalized spacial score (nSPS) is 14.8. The SMILES string of the molecule is [CH]C1=NC(=O)c2c([CH])[nH]c(O)c21. The van der Waals surface area contributed by atoms with Crippen LogP contribution in [0.3, 0.4) is 0 Å². The molecule has 2 N–H and O–H groups in total. The van der Waals surface area contributed by atoms with Crippen molar-refractivity contribution in [1.82, 2.24) is 4.98 Å². The highest BCUT2D eigenvalue weighted by atomic mass is 16.3. The molecule has 1 amide bonds. The molecule has 12 heavy (non-hydrogen) atoms. The topological polar surface area (TPSA) is 65.5 Å². The number of fused-ring (bicyclic) bond motifs is 1. The second-order valence-corrected chi connectivity index (χ2v) is 2.44. The lowest BCUT2D eigenvalue weighted by Gasteiger charge is -1.88. The Kier molecular flexibility index (Phi) is 1.16. The Morgan fingerprint density at radius 2 is 2.00 bits per heavy atom. The van der Waals surface area contributed by atoms with Crippen LogP contribution in [-0.4, -0.2) is 21.7 Å². The van der Waals surface area contributed by atoms with E-state index in [9.17, 15) is 9.90 Å². The van der Waals surface area contributed by atoms with Gasteiger partial charge in [0.1, 0.15) is 0 Å². The highest BCUT2D eigenvalue weighted by molar-refractivity contribution is 6.24. The van der Waals surface area contributed by atoms with Gasteiger partial charge in [0.25, 0.3) is 5.91 Å². The van der Waals surface area contributed by atoms with Crippen LogP contribution in [0.4, 0.5) is 0 Å². The van der Waals surface area contributed by atoms with E-state index in [0.717, 1.165) is 0 Å².